The number of hydrogen-bond donors (Lipinski definition) is 1. The van der Waals surface area contributed by atoms with Crippen molar-refractivity contribution in [1.29, 1.82) is 0 Å². The van der Waals surface area contributed by atoms with E-state index in [9.17, 15) is 22.7 Å². The van der Waals surface area contributed by atoms with Crippen LogP contribution >= 0.6 is 0 Å². The van der Waals surface area contributed by atoms with Crippen LogP contribution < -0.4 is 4.90 Å². The molecule has 104 valence electrons. The van der Waals surface area contributed by atoms with Gasteiger partial charge in [-0.3, -0.25) is 0 Å². The van der Waals surface area contributed by atoms with Gasteiger partial charge in [0, 0.05) is 19.0 Å². The van der Waals surface area contributed by atoms with E-state index in [-0.39, 0.29) is 18.4 Å². The summed E-state index contributed by atoms with van der Waals surface area (Å²) in [5.41, 5.74) is -0.716. The van der Waals surface area contributed by atoms with Crippen LogP contribution in [0.2, 0.25) is 0 Å². The summed E-state index contributed by atoms with van der Waals surface area (Å²) in [6.07, 6.45) is 0.895. The Morgan fingerprint density at radius 2 is 1.63 bits per heavy atom. The maximum Gasteiger partial charge on any atom is 0.253 e. The van der Waals surface area contributed by atoms with Gasteiger partial charge in [-0.05, 0) is 18.8 Å². The summed E-state index contributed by atoms with van der Waals surface area (Å²) in [7, 11) is 0. The Morgan fingerprint density at radius 1 is 1.00 bits per heavy atom. The number of aliphatic hydroxyl groups is 1. The second-order valence-corrected chi connectivity index (χ2v) is 5.14. The molecule has 0 amide bonds. The van der Waals surface area contributed by atoms with E-state index >= 15 is 0 Å². The molecule has 1 aromatic heterocycles. The van der Waals surface area contributed by atoms with Crippen LogP contribution in [0.1, 0.15) is 12.8 Å². The highest BCUT2D eigenvalue weighted by atomic mass is 19.2. The van der Waals surface area contributed by atoms with Gasteiger partial charge in [0.25, 0.3) is 11.9 Å². The summed E-state index contributed by atoms with van der Waals surface area (Å²) >= 11 is 0. The molecule has 0 radical (unpaired) electrons. The lowest BCUT2D eigenvalue weighted by atomic mass is 10.00. The van der Waals surface area contributed by atoms with Gasteiger partial charge in [0.2, 0.25) is 11.6 Å². The van der Waals surface area contributed by atoms with E-state index in [1.54, 1.807) is 0 Å². The van der Waals surface area contributed by atoms with E-state index in [4.69, 9.17) is 0 Å². The molecular formula is C12H12F4N2O. The standard InChI is InChI=1S/C12H12F4N2O/c13-8-10(9(14)12(16)17-11(8)15)18-3-5-1-2-7(19)6(5)4-18/h5-7,19H,1-4H2. The fourth-order valence-corrected chi connectivity index (χ4v) is 3.17. The number of rotatable bonds is 1. The van der Waals surface area contributed by atoms with Gasteiger partial charge in [-0.15, -0.1) is 0 Å². The second-order valence-electron chi connectivity index (χ2n) is 5.14. The van der Waals surface area contributed by atoms with Gasteiger partial charge < -0.3 is 10.0 Å². The van der Waals surface area contributed by atoms with Crippen molar-refractivity contribution in [2.75, 3.05) is 18.0 Å². The number of fused-ring (bicyclic) bond motifs is 1. The molecule has 1 aromatic rings. The molecule has 2 fully saturated rings. The number of hydrogen-bond acceptors (Lipinski definition) is 3. The van der Waals surface area contributed by atoms with Crippen molar-refractivity contribution < 1.29 is 22.7 Å². The van der Waals surface area contributed by atoms with Gasteiger partial charge in [0.1, 0.15) is 5.69 Å². The zero-order chi connectivity index (χ0) is 13.7. The number of aromatic nitrogens is 1. The lowest BCUT2D eigenvalue weighted by molar-refractivity contribution is 0.133. The Labute approximate surface area is 106 Å². The summed E-state index contributed by atoms with van der Waals surface area (Å²) in [6.45, 7) is 0.487. The average Bonchev–Trinajstić information content (AvgIpc) is 2.90. The average molecular weight is 276 g/mol. The van der Waals surface area contributed by atoms with Crippen molar-refractivity contribution in [2.24, 2.45) is 11.8 Å². The van der Waals surface area contributed by atoms with Crippen molar-refractivity contribution in [2.45, 2.75) is 18.9 Å². The molecule has 1 saturated carbocycles. The van der Waals surface area contributed by atoms with Crippen LogP contribution in [0.15, 0.2) is 0 Å². The minimum Gasteiger partial charge on any atom is -0.393 e. The fourth-order valence-electron chi connectivity index (χ4n) is 3.17. The third-order valence-electron chi connectivity index (χ3n) is 4.11. The first-order chi connectivity index (χ1) is 8.99. The molecule has 3 atom stereocenters. The molecule has 3 unspecified atom stereocenters. The van der Waals surface area contributed by atoms with E-state index < -0.39 is 35.3 Å². The molecule has 2 aliphatic rings. The Bertz CT molecular complexity index is 499. The lowest BCUT2D eigenvalue weighted by Crippen LogP contribution is -2.27. The van der Waals surface area contributed by atoms with Crippen molar-refractivity contribution in [3.05, 3.63) is 23.5 Å². The van der Waals surface area contributed by atoms with Gasteiger partial charge >= 0.3 is 0 Å². The molecule has 1 N–H and O–H groups in total. The maximum atomic E-state index is 13.6. The Hall–Kier alpha value is -1.37. The van der Waals surface area contributed by atoms with Crippen molar-refractivity contribution in [3.8, 4) is 0 Å². The van der Waals surface area contributed by atoms with Crippen LogP contribution in [0.4, 0.5) is 23.2 Å². The maximum absolute atomic E-state index is 13.6. The molecule has 0 spiro atoms. The molecule has 1 saturated heterocycles. The van der Waals surface area contributed by atoms with Gasteiger partial charge in [-0.25, -0.2) is 0 Å². The van der Waals surface area contributed by atoms with E-state index in [1.807, 2.05) is 0 Å². The largest absolute Gasteiger partial charge is 0.393 e. The van der Waals surface area contributed by atoms with E-state index in [0.29, 0.717) is 13.0 Å². The number of aliphatic hydroxyl groups excluding tert-OH is 1. The highest BCUT2D eigenvalue weighted by Crippen LogP contribution is 2.41. The van der Waals surface area contributed by atoms with Crippen LogP contribution in [-0.4, -0.2) is 29.3 Å². The Balaban J connectivity index is 1.96. The van der Waals surface area contributed by atoms with Crippen molar-refractivity contribution >= 4 is 5.69 Å². The summed E-state index contributed by atoms with van der Waals surface area (Å²) in [4.78, 5) is 3.79. The number of pyridine rings is 1. The molecule has 1 aliphatic heterocycles. The first-order valence-corrected chi connectivity index (χ1v) is 6.12. The van der Waals surface area contributed by atoms with Crippen LogP contribution in [0.25, 0.3) is 0 Å². The Morgan fingerprint density at radius 3 is 2.21 bits per heavy atom. The SMILES string of the molecule is OC1CCC2CN(c3c(F)c(F)nc(F)c3F)CC12. The third kappa shape index (κ3) is 1.87. The summed E-state index contributed by atoms with van der Waals surface area (Å²) in [5.74, 6) is -6.24. The predicted molar refractivity (Wildman–Crippen MR) is 58.5 cm³/mol. The van der Waals surface area contributed by atoms with Gasteiger partial charge in [0.15, 0.2) is 0 Å². The normalized spacial score (nSPS) is 29.9. The van der Waals surface area contributed by atoms with Gasteiger partial charge in [0.05, 0.1) is 6.10 Å². The molecule has 19 heavy (non-hydrogen) atoms. The van der Waals surface area contributed by atoms with Gasteiger partial charge in [-0.1, -0.05) is 0 Å². The smallest absolute Gasteiger partial charge is 0.253 e. The van der Waals surface area contributed by atoms with E-state index in [1.165, 1.54) is 4.90 Å². The van der Waals surface area contributed by atoms with Crippen LogP contribution in [-0.2, 0) is 0 Å². The van der Waals surface area contributed by atoms with Crippen LogP contribution in [0.3, 0.4) is 0 Å². The first-order valence-electron chi connectivity index (χ1n) is 6.12. The highest BCUT2D eigenvalue weighted by Gasteiger charge is 2.43. The van der Waals surface area contributed by atoms with Crippen LogP contribution in [0, 0.1) is 35.4 Å². The third-order valence-corrected chi connectivity index (χ3v) is 4.11. The first kappa shape index (κ1) is 12.7. The molecular weight excluding hydrogens is 264 g/mol. The quantitative estimate of drug-likeness (QED) is 0.628. The molecule has 3 nitrogen and oxygen atoms in total. The highest BCUT2D eigenvalue weighted by molar-refractivity contribution is 5.50. The molecule has 0 bridgehead atoms. The lowest BCUT2D eigenvalue weighted by Gasteiger charge is -2.21. The molecule has 1 aliphatic carbocycles. The van der Waals surface area contributed by atoms with Gasteiger partial charge in [-0.2, -0.15) is 22.5 Å². The summed E-state index contributed by atoms with van der Waals surface area (Å²) in [5, 5.41) is 9.74. The zero-order valence-corrected chi connectivity index (χ0v) is 9.91. The molecule has 2 heterocycles. The summed E-state index contributed by atoms with van der Waals surface area (Å²) < 4.78 is 53.4. The predicted octanol–water partition coefficient (Wildman–Crippen LogP) is 1.85. The minimum absolute atomic E-state index is 0.0990. The second kappa shape index (κ2) is 4.33. The van der Waals surface area contributed by atoms with E-state index in [0.717, 1.165) is 6.42 Å². The molecule has 0 aromatic carbocycles. The monoisotopic (exact) mass is 276 g/mol. The molecule has 7 heteroatoms. The van der Waals surface area contributed by atoms with E-state index in [2.05, 4.69) is 4.98 Å². The van der Waals surface area contributed by atoms with Crippen molar-refractivity contribution in [3.63, 3.8) is 0 Å². The zero-order valence-electron chi connectivity index (χ0n) is 9.91. The number of halogens is 4. The Kier molecular flexibility index (Phi) is 2.88. The topological polar surface area (TPSA) is 36.4 Å². The summed E-state index contributed by atoms with van der Waals surface area (Å²) in [6, 6.07) is 0. The molecule has 3 rings (SSSR count). The minimum atomic E-state index is -1.65. The fraction of sp³-hybridized carbons (Fsp3) is 0.583. The van der Waals surface area contributed by atoms with Crippen molar-refractivity contribution in [1.82, 2.24) is 4.98 Å². The van der Waals surface area contributed by atoms with Crippen LogP contribution in [0.5, 0.6) is 0 Å². The number of nitrogens with zero attached hydrogens (tertiary/aromatic N) is 2. The number of anilines is 1.